The first-order chi connectivity index (χ1) is 11.6. The molecule has 2 N–H and O–H groups in total. The number of rotatable bonds is 5. The number of benzene rings is 1. The van der Waals surface area contributed by atoms with E-state index < -0.39 is 5.97 Å². The summed E-state index contributed by atoms with van der Waals surface area (Å²) in [6.07, 6.45) is 5.59. The smallest absolute Gasteiger partial charge is 0.317 e. The van der Waals surface area contributed by atoms with Gasteiger partial charge in [-0.1, -0.05) is 24.3 Å². The molecular formula is C19H26N2O3. The number of nitrogens with zero attached hydrogens (tertiary/aromatic N) is 1. The van der Waals surface area contributed by atoms with Crippen molar-refractivity contribution in [2.75, 3.05) is 19.6 Å². The number of carbonyl (C=O) groups excluding carboxylic acids is 1. The van der Waals surface area contributed by atoms with Gasteiger partial charge in [-0.15, -0.1) is 0 Å². The van der Waals surface area contributed by atoms with E-state index in [2.05, 4.69) is 29.6 Å². The summed E-state index contributed by atoms with van der Waals surface area (Å²) in [6.45, 7) is 1.58. The van der Waals surface area contributed by atoms with Crippen LogP contribution >= 0.6 is 0 Å². The zero-order valence-corrected chi connectivity index (χ0v) is 14.0. The second-order valence-corrected chi connectivity index (χ2v) is 7.00. The molecule has 1 atom stereocenters. The van der Waals surface area contributed by atoms with E-state index in [4.69, 9.17) is 5.11 Å². The van der Waals surface area contributed by atoms with Crippen molar-refractivity contribution >= 4 is 11.9 Å². The van der Waals surface area contributed by atoms with Crippen molar-refractivity contribution in [1.29, 1.82) is 0 Å². The predicted molar refractivity (Wildman–Crippen MR) is 92.0 cm³/mol. The molecule has 0 spiro atoms. The number of likely N-dealkylation sites (tertiary alicyclic amines) is 1. The molecule has 1 fully saturated rings. The largest absolute Gasteiger partial charge is 0.480 e. The highest BCUT2D eigenvalue weighted by molar-refractivity contribution is 5.77. The van der Waals surface area contributed by atoms with Crippen LogP contribution in [0.1, 0.15) is 49.1 Å². The fourth-order valence-corrected chi connectivity index (χ4v) is 4.00. The molecule has 1 unspecified atom stereocenters. The summed E-state index contributed by atoms with van der Waals surface area (Å²) < 4.78 is 0. The minimum absolute atomic E-state index is 0.0968. The number of carboxylic acid groups (broad SMARTS) is 1. The lowest BCUT2D eigenvalue weighted by Crippen LogP contribution is -2.46. The predicted octanol–water partition coefficient (Wildman–Crippen LogP) is 2.16. The molecular weight excluding hydrogens is 304 g/mol. The Kier molecular flexibility index (Phi) is 5.51. The van der Waals surface area contributed by atoms with E-state index >= 15 is 0 Å². The Morgan fingerprint density at radius 2 is 1.92 bits per heavy atom. The molecule has 3 rings (SSSR count). The lowest BCUT2D eigenvalue weighted by Gasteiger charge is -2.32. The molecule has 0 saturated carbocycles. The minimum Gasteiger partial charge on any atom is -0.480 e. The van der Waals surface area contributed by atoms with Gasteiger partial charge in [-0.05, 0) is 49.1 Å². The van der Waals surface area contributed by atoms with Gasteiger partial charge in [0.05, 0.1) is 6.54 Å². The average Bonchev–Trinajstić information content (AvgIpc) is 2.56. The molecule has 5 heteroatoms. The normalized spacial score (nSPS) is 21.9. The quantitative estimate of drug-likeness (QED) is 0.868. The molecule has 0 bridgehead atoms. The Morgan fingerprint density at radius 1 is 1.17 bits per heavy atom. The van der Waals surface area contributed by atoms with E-state index in [1.54, 1.807) is 0 Å². The van der Waals surface area contributed by atoms with Crippen molar-refractivity contribution in [3.05, 3.63) is 35.4 Å². The van der Waals surface area contributed by atoms with Gasteiger partial charge in [0.2, 0.25) is 5.91 Å². The van der Waals surface area contributed by atoms with Crippen LogP contribution in [0.2, 0.25) is 0 Å². The molecule has 1 heterocycles. The fraction of sp³-hybridized carbons (Fsp3) is 0.579. The molecule has 0 radical (unpaired) electrons. The first-order valence-electron chi connectivity index (χ1n) is 8.93. The summed E-state index contributed by atoms with van der Waals surface area (Å²) in [5.74, 6) is -0.316. The van der Waals surface area contributed by atoms with Crippen molar-refractivity contribution < 1.29 is 14.7 Å². The minimum atomic E-state index is -0.784. The van der Waals surface area contributed by atoms with E-state index in [0.29, 0.717) is 12.3 Å². The number of nitrogens with one attached hydrogen (secondary N) is 1. The van der Waals surface area contributed by atoms with Crippen molar-refractivity contribution in [3.8, 4) is 0 Å². The second kappa shape index (κ2) is 7.79. The molecule has 1 amide bonds. The van der Waals surface area contributed by atoms with Crippen LogP contribution in [-0.4, -0.2) is 47.6 Å². The van der Waals surface area contributed by atoms with Crippen LogP contribution in [0.3, 0.4) is 0 Å². The summed E-state index contributed by atoms with van der Waals surface area (Å²) >= 11 is 0. The van der Waals surface area contributed by atoms with E-state index in [0.717, 1.165) is 45.2 Å². The number of fused-ring (bicyclic) bond motifs is 1. The maximum Gasteiger partial charge on any atom is 0.317 e. The van der Waals surface area contributed by atoms with Crippen LogP contribution in [0.15, 0.2) is 24.3 Å². The van der Waals surface area contributed by atoms with Crippen LogP contribution in [-0.2, 0) is 16.0 Å². The molecule has 1 aromatic rings. The van der Waals surface area contributed by atoms with E-state index in [1.807, 2.05) is 4.90 Å². The van der Waals surface area contributed by atoms with Crippen LogP contribution in [0.5, 0.6) is 0 Å². The molecule has 1 aliphatic carbocycles. The molecule has 2 aliphatic rings. The van der Waals surface area contributed by atoms with Crippen molar-refractivity contribution in [1.82, 2.24) is 10.2 Å². The lowest BCUT2D eigenvalue weighted by molar-refractivity contribution is -0.138. The third-order valence-electron chi connectivity index (χ3n) is 5.24. The van der Waals surface area contributed by atoms with Crippen molar-refractivity contribution in [2.45, 2.75) is 50.5 Å². The van der Waals surface area contributed by atoms with E-state index in [9.17, 15) is 9.59 Å². The summed E-state index contributed by atoms with van der Waals surface area (Å²) in [4.78, 5) is 25.1. The highest BCUT2D eigenvalue weighted by Crippen LogP contribution is 2.33. The van der Waals surface area contributed by atoms with Crippen LogP contribution < -0.4 is 5.32 Å². The molecule has 1 aromatic carbocycles. The number of hydrogen-bond donors (Lipinski definition) is 2. The standard InChI is InChI=1S/C19H26N2O3/c22-18(20-16-8-10-21(11-9-16)13-19(23)24)12-15-6-3-5-14-4-1-2-7-17(14)15/h1-2,4,7,15-16H,3,5-6,8-13H2,(H,20,22)(H,23,24). The fourth-order valence-electron chi connectivity index (χ4n) is 4.00. The van der Waals surface area contributed by atoms with Gasteiger partial charge >= 0.3 is 5.97 Å². The van der Waals surface area contributed by atoms with Gasteiger partial charge in [0, 0.05) is 25.6 Å². The van der Waals surface area contributed by atoms with Gasteiger partial charge in [0.1, 0.15) is 0 Å². The highest BCUT2D eigenvalue weighted by Gasteiger charge is 2.25. The Balaban J connectivity index is 1.48. The topological polar surface area (TPSA) is 69.6 Å². The van der Waals surface area contributed by atoms with Crippen molar-refractivity contribution in [3.63, 3.8) is 0 Å². The highest BCUT2D eigenvalue weighted by atomic mass is 16.4. The van der Waals surface area contributed by atoms with Gasteiger partial charge in [-0.2, -0.15) is 0 Å². The maximum absolute atomic E-state index is 12.4. The molecule has 1 aliphatic heterocycles. The summed E-state index contributed by atoms with van der Waals surface area (Å²) in [5.41, 5.74) is 2.73. The Morgan fingerprint density at radius 3 is 2.67 bits per heavy atom. The number of carbonyl (C=O) groups is 2. The Bertz CT molecular complexity index is 594. The van der Waals surface area contributed by atoms with Gasteiger partial charge in [-0.25, -0.2) is 0 Å². The molecule has 5 nitrogen and oxygen atoms in total. The first kappa shape index (κ1) is 17.0. The van der Waals surface area contributed by atoms with Gasteiger partial charge in [-0.3, -0.25) is 14.5 Å². The average molecular weight is 330 g/mol. The summed E-state index contributed by atoms with van der Waals surface area (Å²) in [5, 5.41) is 12.0. The van der Waals surface area contributed by atoms with Gasteiger partial charge in [0.25, 0.3) is 0 Å². The SMILES string of the molecule is O=C(O)CN1CCC(NC(=O)CC2CCCc3ccccc32)CC1. The maximum atomic E-state index is 12.4. The van der Waals surface area contributed by atoms with Crippen LogP contribution in [0.4, 0.5) is 0 Å². The van der Waals surface area contributed by atoms with Gasteiger partial charge < -0.3 is 10.4 Å². The zero-order chi connectivity index (χ0) is 16.9. The van der Waals surface area contributed by atoms with Crippen molar-refractivity contribution in [2.24, 2.45) is 0 Å². The second-order valence-electron chi connectivity index (χ2n) is 7.00. The number of aliphatic carboxylic acids is 1. The van der Waals surface area contributed by atoms with Crippen LogP contribution in [0, 0.1) is 0 Å². The molecule has 24 heavy (non-hydrogen) atoms. The monoisotopic (exact) mass is 330 g/mol. The third-order valence-corrected chi connectivity index (χ3v) is 5.24. The number of hydrogen-bond acceptors (Lipinski definition) is 3. The summed E-state index contributed by atoms with van der Waals surface area (Å²) in [7, 11) is 0. The van der Waals surface area contributed by atoms with Gasteiger partial charge in [0.15, 0.2) is 0 Å². The number of piperidine rings is 1. The number of aryl methyl sites for hydroxylation is 1. The first-order valence-corrected chi connectivity index (χ1v) is 8.93. The molecule has 0 aromatic heterocycles. The third kappa shape index (κ3) is 4.35. The molecule has 130 valence electrons. The Labute approximate surface area is 143 Å². The number of amides is 1. The zero-order valence-electron chi connectivity index (χ0n) is 14.0. The Hall–Kier alpha value is -1.88. The molecule has 1 saturated heterocycles. The van der Waals surface area contributed by atoms with Crippen LogP contribution in [0.25, 0.3) is 0 Å². The van der Waals surface area contributed by atoms with E-state index in [1.165, 1.54) is 11.1 Å². The lowest BCUT2D eigenvalue weighted by atomic mass is 9.81. The number of carboxylic acids is 1. The van der Waals surface area contributed by atoms with E-state index in [-0.39, 0.29) is 18.5 Å². The summed E-state index contributed by atoms with van der Waals surface area (Å²) in [6, 6.07) is 8.66.